The maximum Gasteiger partial charge on any atom is 0.202 e. The molecule has 1 aromatic carbocycles. The Morgan fingerprint density at radius 3 is 2.75 bits per heavy atom. The van der Waals surface area contributed by atoms with Crippen molar-refractivity contribution in [3.8, 4) is 0 Å². The lowest BCUT2D eigenvalue weighted by molar-refractivity contribution is 0.626. The van der Waals surface area contributed by atoms with E-state index in [1.165, 1.54) is 23.7 Å². The molecule has 0 aliphatic heterocycles. The zero-order chi connectivity index (χ0) is 11.4. The van der Waals surface area contributed by atoms with E-state index in [1.807, 2.05) is 7.05 Å². The first kappa shape index (κ1) is 11.3. The number of halogens is 1. The molecule has 0 spiro atoms. The van der Waals surface area contributed by atoms with Gasteiger partial charge >= 0.3 is 0 Å². The van der Waals surface area contributed by atoms with Gasteiger partial charge in [-0.1, -0.05) is 0 Å². The van der Waals surface area contributed by atoms with Crippen molar-refractivity contribution in [2.24, 2.45) is 0 Å². The molecule has 0 saturated heterocycles. The van der Waals surface area contributed by atoms with Crippen molar-refractivity contribution < 1.29 is 4.39 Å². The van der Waals surface area contributed by atoms with Gasteiger partial charge in [0, 0.05) is 23.5 Å². The Balaban J connectivity index is 1.94. The standard InChI is InChI=1S/C10H10FN3S2/c1-12-10-13-9(14-16-10)6-15-8-4-2-7(11)3-5-8/h2-5H,6H2,1H3,(H,12,13,14). The second-order valence-corrected chi connectivity index (χ2v) is 4.81. The van der Waals surface area contributed by atoms with Crippen LogP contribution in [-0.4, -0.2) is 16.4 Å². The molecule has 16 heavy (non-hydrogen) atoms. The summed E-state index contributed by atoms with van der Waals surface area (Å²) in [6, 6.07) is 6.42. The molecule has 3 nitrogen and oxygen atoms in total. The fourth-order valence-corrected chi connectivity index (χ4v) is 2.46. The molecule has 2 aromatic rings. The summed E-state index contributed by atoms with van der Waals surface area (Å²) in [5.74, 6) is 1.28. The normalized spacial score (nSPS) is 10.4. The maximum absolute atomic E-state index is 12.7. The Labute approximate surface area is 101 Å². The van der Waals surface area contributed by atoms with Gasteiger partial charge in [-0.25, -0.2) is 9.37 Å². The number of anilines is 1. The number of rotatable bonds is 4. The zero-order valence-corrected chi connectivity index (χ0v) is 10.2. The predicted octanol–water partition coefficient (Wildman–Crippen LogP) is 3.01. The molecule has 0 aliphatic carbocycles. The van der Waals surface area contributed by atoms with Crippen LogP contribution in [0.15, 0.2) is 29.2 Å². The van der Waals surface area contributed by atoms with E-state index < -0.39 is 0 Å². The first-order chi connectivity index (χ1) is 7.78. The number of nitrogens with zero attached hydrogens (tertiary/aromatic N) is 2. The lowest BCUT2D eigenvalue weighted by Gasteiger charge is -1.97. The molecule has 0 bridgehead atoms. The van der Waals surface area contributed by atoms with E-state index in [4.69, 9.17) is 0 Å². The first-order valence-corrected chi connectivity index (χ1v) is 6.42. The largest absolute Gasteiger partial charge is 0.363 e. The van der Waals surface area contributed by atoms with Crippen LogP contribution >= 0.6 is 23.3 Å². The van der Waals surface area contributed by atoms with Crippen molar-refractivity contribution in [3.05, 3.63) is 35.9 Å². The van der Waals surface area contributed by atoms with E-state index in [0.29, 0.717) is 5.75 Å². The summed E-state index contributed by atoms with van der Waals surface area (Å²) in [7, 11) is 1.82. The van der Waals surface area contributed by atoms with Crippen molar-refractivity contribution in [1.82, 2.24) is 9.36 Å². The summed E-state index contributed by atoms with van der Waals surface area (Å²) in [6.07, 6.45) is 0. The molecule has 1 aromatic heterocycles. The minimum Gasteiger partial charge on any atom is -0.363 e. The van der Waals surface area contributed by atoms with E-state index >= 15 is 0 Å². The van der Waals surface area contributed by atoms with Crippen LogP contribution in [-0.2, 0) is 5.75 Å². The fourth-order valence-electron chi connectivity index (χ4n) is 1.09. The topological polar surface area (TPSA) is 37.8 Å². The SMILES string of the molecule is CNc1nc(CSc2ccc(F)cc2)ns1. The van der Waals surface area contributed by atoms with E-state index in [1.54, 1.807) is 23.9 Å². The highest BCUT2D eigenvalue weighted by Crippen LogP contribution is 2.23. The second-order valence-electron chi connectivity index (χ2n) is 3.01. The minimum absolute atomic E-state index is 0.214. The van der Waals surface area contributed by atoms with E-state index in [0.717, 1.165) is 15.9 Å². The summed E-state index contributed by atoms with van der Waals surface area (Å²) >= 11 is 2.93. The van der Waals surface area contributed by atoms with Crippen LogP contribution in [0.5, 0.6) is 0 Å². The molecule has 6 heteroatoms. The molecule has 84 valence electrons. The average molecular weight is 255 g/mol. The van der Waals surface area contributed by atoms with Gasteiger partial charge in [0.05, 0.1) is 5.75 Å². The number of hydrogen-bond donors (Lipinski definition) is 1. The molecule has 0 unspecified atom stereocenters. The van der Waals surface area contributed by atoms with Gasteiger partial charge in [0.25, 0.3) is 0 Å². The molecule has 0 radical (unpaired) electrons. The van der Waals surface area contributed by atoms with Crippen LogP contribution in [0.3, 0.4) is 0 Å². The van der Waals surface area contributed by atoms with Crippen molar-refractivity contribution in [3.63, 3.8) is 0 Å². The van der Waals surface area contributed by atoms with Gasteiger partial charge in [-0.3, -0.25) is 0 Å². The molecule has 0 aliphatic rings. The minimum atomic E-state index is -0.214. The molecule has 0 atom stereocenters. The second kappa shape index (κ2) is 5.27. The zero-order valence-electron chi connectivity index (χ0n) is 8.61. The van der Waals surface area contributed by atoms with Gasteiger partial charge in [0.15, 0.2) is 5.82 Å². The molecular weight excluding hydrogens is 245 g/mol. The number of aromatic nitrogens is 2. The Kier molecular flexibility index (Phi) is 3.74. The van der Waals surface area contributed by atoms with Gasteiger partial charge in [-0.2, -0.15) is 4.37 Å². The highest BCUT2D eigenvalue weighted by atomic mass is 32.2. The van der Waals surface area contributed by atoms with Crippen LogP contribution in [0.4, 0.5) is 9.52 Å². The molecule has 1 N–H and O–H groups in total. The van der Waals surface area contributed by atoms with Gasteiger partial charge in [0.1, 0.15) is 5.82 Å². The number of thioether (sulfide) groups is 1. The molecule has 0 fully saturated rings. The monoisotopic (exact) mass is 255 g/mol. The number of nitrogens with one attached hydrogen (secondary N) is 1. The van der Waals surface area contributed by atoms with Crippen LogP contribution < -0.4 is 5.32 Å². The third-order valence-corrected chi connectivity index (χ3v) is 3.64. The highest BCUT2D eigenvalue weighted by molar-refractivity contribution is 7.98. The molecule has 0 amide bonds. The summed E-state index contributed by atoms with van der Waals surface area (Å²) < 4.78 is 16.9. The number of hydrogen-bond acceptors (Lipinski definition) is 5. The van der Waals surface area contributed by atoms with E-state index in [9.17, 15) is 4.39 Å². The Bertz CT molecular complexity index is 455. The van der Waals surface area contributed by atoms with Gasteiger partial charge in [-0.15, -0.1) is 11.8 Å². The summed E-state index contributed by atoms with van der Waals surface area (Å²) in [5.41, 5.74) is 0. The number of benzene rings is 1. The fraction of sp³-hybridized carbons (Fsp3) is 0.200. The van der Waals surface area contributed by atoms with Crippen LogP contribution in [0.1, 0.15) is 5.82 Å². The van der Waals surface area contributed by atoms with Gasteiger partial charge < -0.3 is 5.32 Å². The summed E-state index contributed by atoms with van der Waals surface area (Å²) in [6.45, 7) is 0. The predicted molar refractivity (Wildman–Crippen MR) is 65.4 cm³/mol. The molecule has 2 rings (SSSR count). The average Bonchev–Trinajstić information content (AvgIpc) is 2.76. The van der Waals surface area contributed by atoms with Crippen molar-refractivity contribution in [2.75, 3.05) is 12.4 Å². The van der Waals surface area contributed by atoms with E-state index in [-0.39, 0.29) is 5.82 Å². The van der Waals surface area contributed by atoms with Crippen molar-refractivity contribution >= 4 is 28.4 Å². The first-order valence-electron chi connectivity index (χ1n) is 4.66. The van der Waals surface area contributed by atoms with Crippen LogP contribution in [0.25, 0.3) is 0 Å². The third kappa shape index (κ3) is 2.93. The lowest BCUT2D eigenvalue weighted by Crippen LogP contribution is -1.88. The van der Waals surface area contributed by atoms with Gasteiger partial charge in [-0.05, 0) is 24.3 Å². The quantitative estimate of drug-likeness (QED) is 0.852. The summed E-state index contributed by atoms with van der Waals surface area (Å²) in [4.78, 5) is 5.28. The molecule has 1 heterocycles. The maximum atomic E-state index is 12.7. The highest BCUT2D eigenvalue weighted by Gasteiger charge is 2.03. The Morgan fingerprint density at radius 2 is 2.12 bits per heavy atom. The van der Waals surface area contributed by atoms with E-state index in [2.05, 4.69) is 14.7 Å². The summed E-state index contributed by atoms with van der Waals surface area (Å²) in [5, 5.41) is 3.75. The van der Waals surface area contributed by atoms with Crippen molar-refractivity contribution in [2.45, 2.75) is 10.6 Å². The smallest absolute Gasteiger partial charge is 0.202 e. The Hall–Kier alpha value is -1.14. The third-order valence-electron chi connectivity index (χ3n) is 1.86. The van der Waals surface area contributed by atoms with Crippen molar-refractivity contribution in [1.29, 1.82) is 0 Å². The van der Waals surface area contributed by atoms with Crippen LogP contribution in [0.2, 0.25) is 0 Å². The lowest BCUT2D eigenvalue weighted by atomic mass is 10.4. The van der Waals surface area contributed by atoms with Gasteiger partial charge in [0.2, 0.25) is 5.13 Å². The molecule has 0 saturated carbocycles. The van der Waals surface area contributed by atoms with Crippen LogP contribution in [0, 0.1) is 5.82 Å². The Morgan fingerprint density at radius 1 is 1.38 bits per heavy atom. The molecular formula is C10H10FN3S2.